The summed E-state index contributed by atoms with van der Waals surface area (Å²) in [6.45, 7) is 7.18. The number of benzene rings is 1. The van der Waals surface area contributed by atoms with E-state index >= 15 is 0 Å². The van der Waals surface area contributed by atoms with Gasteiger partial charge in [-0.3, -0.25) is 5.32 Å². The lowest BCUT2D eigenvalue weighted by Gasteiger charge is -2.15. The highest BCUT2D eigenvalue weighted by molar-refractivity contribution is 5.32. The molecule has 80 valence electrons. The molecule has 0 aromatic heterocycles. The largest absolute Gasteiger partial charge is 0.298 e. The smallest absolute Gasteiger partial charge is 0.121 e. The third kappa shape index (κ3) is 3.38. The van der Waals surface area contributed by atoms with E-state index in [4.69, 9.17) is 5.26 Å². The second-order valence-corrected chi connectivity index (χ2v) is 4.22. The van der Waals surface area contributed by atoms with Crippen molar-refractivity contribution in [2.45, 2.75) is 26.8 Å². The van der Waals surface area contributed by atoms with Gasteiger partial charge in [-0.05, 0) is 30.5 Å². The molecule has 1 rings (SSSR count). The van der Waals surface area contributed by atoms with Crippen molar-refractivity contribution in [3.8, 4) is 6.07 Å². The minimum Gasteiger partial charge on any atom is -0.298 e. The summed E-state index contributed by atoms with van der Waals surface area (Å²) in [5, 5.41) is 12.4. The Kier molecular flexibility index (Phi) is 4.33. The van der Waals surface area contributed by atoms with Gasteiger partial charge < -0.3 is 0 Å². The van der Waals surface area contributed by atoms with Crippen LogP contribution in [0, 0.1) is 24.2 Å². The summed E-state index contributed by atoms with van der Waals surface area (Å²) in [5.74, 6) is 0.560. The highest BCUT2D eigenvalue weighted by Crippen LogP contribution is 2.16. The Morgan fingerprint density at radius 2 is 2.00 bits per heavy atom. The van der Waals surface area contributed by atoms with E-state index in [-0.39, 0.29) is 6.04 Å². The molecule has 1 aromatic rings. The Hall–Kier alpha value is -1.33. The summed E-state index contributed by atoms with van der Waals surface area (Å²) < 4.78 is 0. The first kappa shape index (κ1) is 11.7. The molecule has 0 aliphatic carbocycles. The van der Waals surface area contributed by atoms with Gasteiger partial charge >= 0.3 is 0 Å². The van der Waals surface area contributed by atoms with Crippen molar-refractivity contribution in [3.63, 3.8) is 0 Å². The van der Waals surface area contributed by atoms with Crippen LogP contribution in [0.25, 0.3) is 0 Å². The average molecular weight is 202 g/mol. The van der Waals surface area contributed by atoms with Gasteiger partial charge in [0.15, 0.2) is 0 Å². The van der Waals surface area contributed by atoms with Crippen molar-refractivity contribution < 1.29 is 0 Å². The fourth-order valence-electron chi connectivity index (χ4n) is 1.49. The quantitative estimate of drug-likeness (QED) is 0.815. The summed E-state index contributed by atoms with van der Waals surface area (Å²) in [5.41, 5.74) is 2.25. The molecule has 0 radical (unpaired) electrons. The number of nitrogens with one attached hydrogen (secondary N) is 1. The van der Waals surface area contributed by atoms with Gasteiger partial charge in [0.1, 0.15) is 6.04 Å². The van der Waals surface area contributed by atoms with E-state index in [0.717, 1.165) is 12.1 Å². The summed E-state index contributed by atoms with van der Waals surface area (Å²) in [6, 6.07) is 10.1. The van der Waals surface area contributed by atoms with Crippen LogP contribution in [0.2, 0.25) is 0 Å². The molecular formula is C13H18N2. The Bertz CT molecular complexity index is 350. The standard InChI is InChI=1S/C13H18N2/c1-10(2)9-15-13(8-14)12-7-5-4-6-11(12)3/h4-7,10,13,15H,9H2,1-3H3. The predicted molar refractivity (Wildman–Crippen MR) is 62.4 cm³/mol. The van der Waals surface area contributed by atoms with E-state index in [1.165, 1.54) is 5.56 Å². The summed E-state index contributed by atoms with van der Waals surface area (Å²) in [6.07, 6.45) is 0. The Morgan fingerprint density at radius 3 is 2.53 bits per heavy atom. The molecule has 0 saturated heterocycles. The van der Waals surface area contributed by atoms with Crippen LogP contribution in [0.4, 0.5) is 0 Å². The maximum Gasteiger partial charge on any atom is 0.121 e. The van der Waals surface area contributed by atoms with Crippen LogP contribution in [-0.4, -0.2) is 6.54 Å². The number of nitrogens with zero attached hydrogens (tertiary/aromatic N) is 1. The SMILES string of the molecule is Cc1ccccc1C(C#N)NCC(C)C. The van der Waals surface area contributed by atoms with Gasteiger partial charge in [0.05, 0.1) is 6.07 Å². The lowest BCUT2D eigenvalue weighted by Crippen LogP contribution is -2.24. The number of nitriles is 1. The van der Waals surface area contributed by atoms with Crippen molar-refractivity contribution >= 4 is 0 Å². The minimum atomic E-state index is -0.186. The second kappa shape index (κ2) is 5.53. The van der Waals surface area contributed by atoms with Gasteiger partial charge in [0.25, 0.3) is 0 Å². The number of rotatable bonds is 4. The molecule has 0 bridgehead atoms. The number of hydrogen-bond donors (Lipinski definition) is 1. The van der Waals surface area contributed by atoms with Crippen molar-refractivity contribution in [1.82, 2.24) is 5.32 Å². The third-order valence-electron chi connectivity index (χ3n) is 2.36. The molecule has 0 aliphatic rings. The zero-order chi connectivity index (χ0) is 11.3. The van der Waals surface area contributed by atoms with E-state index < -0.39 is 0 Å². The van der Waals surface area contributed by atoms with Crippen LogP contribution in [0.15, 0.2) is 24.3 Å². The van der Waals surface area contributed by atoms with E-state index in [2.05, 4.69) is 25.2 Å². The Labute approximate surface area is 91.9 Å². The van der Waals surface area contributed by atoms with Gasteiger partial charge in [-0.25, -0.2) is 0 Å². The first-order valence-corrected chi connectivity index (χ1v) is 5.33. The highest BCUT2D eigenvalue weighted by atomic mass is 14.9. The van der Waals surface area contributed by atoms with E-state index in [1.54, 1.807) is 0 Å². The third-order valence-corrected chi connectivity index (χ3v) is 2.36. The molecule has 0 amide bonds. The zero-order valence-electron chi connectivity index (χ0n) is 9.62. The molecule has 2 heteroatoms. The van der Waals surface area contributed by atoms with Crippen molar-refractivity contribution in [2.24, 2.45) is 5.92 Å². The van der Waals surface area contributed by atoms with E-state index in [0.29, 0.717) is 5.92 Å². The number of aryl methyl sites for hydroxylation is 1. The van der Waals surface area contributed by atoms with Gasteiger partial charge in [-0.1, -0.05) is 38.1 Å². The van der Waals surface area contributed by atoms with Gasteiger partial charge in [0, 0.05) is 0 Å². The van der Waals surface area contributed by atoms with Gasteiger partial charge in [0.2, 0.25) is 0 Å². The first-order valence-electron chi connectivity index (χ1n) is 5.33. The summed E-state index contributed by atoms with van der Waals surface area (Å²) in [7, 11) is 0. The maximum absolute atomic E-state index is 9.10. The van der Waals surface area contributed by atoms with E-state index in [9.17, 15) is 0 Å². The topological polar surface area (TPSA) is 35.8 Å². The van der Waals surface area contributed by atoms with Crippen LogP contribution in [0.1, 0.15) is 31.0 Å². The molecule has 1 atom stereocenters. The van der Waals surface area contributed by atoms with Gasteiger partial charge in [-0.2, -0.15) is 5.26 Å². The second-order valence-electron chi connectivity index (χ2n) is 4.22. The molecule has 0 aliphatic heterocycles. The molecule has 0 saturated carbocycles. The molecule has 15 heavy (non-hydrogen) atoms. The van der Waals surface area contributed by atoms with Crippen LogP contribution in [-0.2, 0) is 0 Å². The van der Waals surface area contributed by atoms with Crippen LogP contribution >= 0.6 is 0 Å². The van der Waals surface area contributed by atoms with Crippen molar-refractivity contribution in [2.75, 3.05) is 6.54 Å². The van der Waals surface area contributed by atoms with Crippen LogP contribution < -0.4 is 5.32 Å². The van der Waals surface area contributed by atoms with Crippen LogP contribution in [0.3, 0.4) is 0 Å². The van der Waals surface area contributed by atoms with E-state index in [1.807, 2.05) is 31.2 Å². The summed E-state index contributed by atoms with van der Waals surface area (Å²) in [4.78, 5) is 0. The summed E-state index contributed by atoms with van der Waals surface area (Å²) >= 11 is 0. The first-order chi connectivity index (χ1) is 7.15. The average Bonchev–Trinajstić information content (AvgIpc) is 2.21. The number of hydrogen-bond acceptors (Lipinski definition) is 2. The van der Waals surface area contributed by atoms with Crippen molar-refractivity contribution in [3.05, 3.63) is 35.4 Å². The molecule has 2 nitrogen and oxygen atoms in total. The highest BCUT2D eigenvalue weighted by Gasteiger charge is 2.11. The molecule has 1 aromatic carbocycles. The van der Waals surface area contributed by atoms with Crippen LogP contribution in [0.5, 0.6) is 0 Å². The molecular weight excluding hydrogens is 184 g/mol. The predicted octanol–water partition coefficient (Wildman–Crippen LogP) is 2.81. The fourth-order valence-corrected chi connectivity index (χ4v) is 1.49. The lowest BCUT2D eigenvalue weighted by atomic mass is 10.0. The molecule has 1 N–H and O–H groups in total. The Morgan fingerprint density at radius 1 is 1.33 bits per heavy atom. The minimum absolute atomic E-state index is 0.186. The van der Waals surface area contributed by atoms with Crippen molar-refractivity contribution in [1.29, 1.82) is 5.26 Å². The Balaban J connectivity index is 2.76. The lowest BCUT2D eigenvalue weighted by molar-refractivity contribution is 0.524. The fraction of sp³-hybridized carbons (Fsp3) is 0.462. The molecule has 0 spiro atoms. The molecule has 0 fully saturated rings. The molecule has 1 unspecified atom stereocenters. The maximum atomic E-state index is 9.10. The monoisotopic (exact) mass is 202 g/mol. The molecule has 0 heterocycles. The normalized spacial score (nSPS) is 12.5. The zero-order valence-corrected chi connectivity index (χ0v) is 9.62. The van der Waals surface area contributed by atoms with Gasteiger partial charge in [-0.15, -0.1) is 0 Å².